The quantitative estimate of drug-likeness (QED) is 0.709. The molecule has 0 aliphatic heterocycles. The maximum absolute atomic E-state index is 11.7. The van der Waals surface area contributed by atoms with Crippen molar-refractivity contribution in [1.82, 2.24) is 4.90 Å². The van der Waals surface area contributed by atoms with Crippen molar-refractivity contribution in [3.05, 3.63) is 0 Å². The van der Waals surface area contributed by atoms with E-state index < -0.39 is 5.54 Å². The Morgan fingerprint density at radius 1 is 1.53 bits per heavy atom. The molecule has 88 valence electrons. The minimum Gasteiger partial charge on any atom is -0.393 e. The van der Waals surface area contributed by atoms with Crippen LogP contribution in [-0.2, 0) is 4.79 Å². The van der Waals surface area contributed by atoms with Crippen molar-refractivity contribution >= 4 is 5.91 Å². The van der Waals surface area contributed by atoms with Gasteiger partial charge in [0.1, 0.15) is 0 Å². The van der Waals surface area contributed by atoms with Gasteiger partial charge in [0.05, 0.1) is 6.10 Å². The van der Waals surface area contributed by atoms with Gasteiger partial charge in [0, 0.05) is 25.6 Å². The molecule has 1 aliphatic carbocycles. The molecule has 0 saturated heterocycles. The summed E-state index contributed by atoms with van der Waals surface area (Å²) >= 11 is 0. The molecule has 0 aromatic heterocycles. The number of amides is 1. The van der Waals surface area contributed by atoms with E-state index in [0.29, 0.717) is 12.3 Å². The van der Waals surface area contributed by atoms with Crippen LogP contribution in [0, 0.1) is 5.92 Å². The molecular weight excluding hydrogens is 192 g/mol. The van der Waals surface area contributed by atoms with Crippen LogP contribution in [0.25, 0.3) is 0 Å². The summed E-state index contributed by atoms with van der Waals surface area (Å²) in [6.07, 6.45) is 1.87. The van der Waals surface area contributed by atoms with Crippen LogP contribution in [0.4, 0.5) is 0 Å². The van der Waals surface area contributed by atoms with Gasteiger partial charge in [-0.3, -0.25) is 4.79 Å². The van der Waals surface area contributed by atoms with Gasteiger partial charge in [-0.1, -0.05) is 0 Å². The maximum Gasteiger partial charge on any atom is 0.224 e. The lowest BCUT2D eigenvalue weighted by Gasteiger charge is -2.35. The highest BCUT2D eigenvalue weighted by atomic mass is 16.3. The largest absolute Gasteiger partial charge is 0.393 e. The SMILES string of the molecule is CN(CC1CC(O)C1)C(=O)CC(C)(C)N. The fourth-order valence-corrected chi connectivity index (χ4v) is 1.86. The Morgan fingerprint density at radius 3 is 2.47 bits per heavy atom. The molecule has 0 spiro atoms. The molecular formula is C11H22N2O2. The van der Waals surface area contributed by atoms with Gasteiger partial charge in [-0.2, -0.15) is 0 Å². The van der Waals surface area contributed by atoms with Crippen LogP contribution < -0.4 is 5.73 Å². The molecule has 1 aliphatic rings. The number of nitrogens with zero attached hydrogens (tertiary/aromatic N) is 1. The van der Waals surface area contributed by atoms with Crippen LogP contribution in [0.1, 0.15) is 33.1 Å². The molecule has 1 amide bonds. The molecule has 0 radical (unpaired) electrons. The Hall–Kier alpha value is -0.610. The molecule has 3 N–H and O–H groups in total. The summed E-state index contributed by atoms with van der Waals surface area (Å²) in [5.41, 5.74) is 5.35. The number of carbonyl (C=O) groups is 1. The highest BCUT2D eigenvalue weighted by Crippen LogP contribution is 2.27. The topological polar surface area (TPSA) is 66.6 Å². The van der Waals surface area contributed by atoms with Crippen LogP contribution in [0.3, 0.4) is 0 Å². The Balaban J connectivity index is 2.27. The number of hydrogen-bond acceptors (Lipinski definition) is 3. The Kier molecular flexibility index (Phi) is 3.73. The van der Waals surface area contributed by atoms with Crippen LogP contribution >= 0.6 is 0 Å². The van der Waals surface area contributed by atoms with Gasteiger partial charge in [-0.25, -0.2) is 0 Å². The Morgan fingerprint density at radius 2 is 2.07 bits per heavy atom. The molecule has 0 bridgehead atoms. The molecule has 0 aromatic rings. The standard InChI is InChI=1S/C11H22N2O2/c1-11(2,12)6-10(15)13(3)7-8-4-9(14)5-8/h8-9,14H,4-7,12H2,1-3H3. The average Bonchev–Trinajstić information content (AvgIpc) is 1.98. The van der Waals surface area contributed by atoms with Crippen molar-refractivity contribution in [3.63, 3.8) is 0 Å². The summed E-state index contributed by atoms with van der Waals surface area (Å²) in [5, 5.41) is 9.13. The van der Waals surface area contributed by atoms with Gasteiger partial charge < -0.3 is 15.7 Å². The lowest BCUT2D eigenvalue weighted by molar-refractivity contribution is -0.132. The molecule has 1 fully saturated rings. The molecule has 0 unspecified atom stereocenters. The highest BCUT2D eigenvalue weighted by molar-refractivity contribution is 5.77. The fourth-order valence-electron chi connectivity index (χ4n) is 1.86. The van der Waals surface area contributed by atoms with Gasteiger partial charge in [0.15, 0.2) is 0 Å². The summed E-state index contributed by atoms with van der Waals surface area (Å²) in [4.78, 5) is 13.4. The Bertz CT molecular complexity index is 229. The van der Waals surface area contributed by atoms with Gasteiger partial charge in [-0.05, 0) is 32.6 Å². The number of nitrogens with two attached hydrogens (primary N) is 1. The number of hydrogen-bond donors (Lipinski definition) is 2. The van der Waals surface area contributed by atoms with E-state index in [4.69, 9.17) is 10.8 Å². The minimum atomic E-state index is -0.440. The Labute approximate surface area is 91.4 Å². The first kappa shape index (κ1) is 12.5. The van der Waals surface area contributed by atoms with E-state index in [0.717, 1.165) is 19.4 Å². The third kappa shape index (κ3) is 4.18. The lowest BCUT2D eigenvalue weighted by atomic mass is 9.82. The number of rotatable bonds is 4. The molecule has 0 heterocycles. The van der Waals surface area contributed by atoms with Gasteiger partial charge in [-0.15, -0.1) is 0 Å². The van der Waals surface area contributed by atoms with E-state index in [1.165, 1.54) is 0 Å². The second-order valence-electron chi connectivity index (χ2n) is 5.43. The van der Waals surface area contributed by atoms with Gasteiger partial charge >= 0.3 is 0 Å². The predicted molar refractivity (Wildman–Crippen MR) is 59.3 cm³/mol. The molecule has 4 nitrogen and oxygen atoms in total. The van der Waals surface area contributed by atoms with E-state index in [2.05, 4.69) is 0 Å². The minimum absolute atomic E-state index is 0.0869. The van der Waals surface area contributed by atoms with E-state index in [1.807, 2.05) is 13.8 Å². The summed E-state index contributed by atoms with van der Waals surface area (Å²) in [6.45, 7) is 4.45. The van der Waals surface area contributed by atoms with Crippen LogP contribution in [0.5, 0.6) is 0 Å². The van der Waals surface area contributed by atoms with Crippen LogP contribution in [0.15, 0.2) is 0 Å². The monoisotopic (exact) mass is 214 g/mol. The maximum atomic E-state index is 11.7. The average molecular weight is 214 g/mol. The first-order valence-electron chi connectivity index (χ1n) is 5.49. The predicted octanol–water partition coefficient (Wildman–Crippen LogP) is 0.343. The highest BCUT2D eigenvalue weighted by Gasteiger charge is 2.29. The first-order valence-corrected chi connectivity index (χ1v) is 5.49. The molecule has 1 saturated carbocycles. The smallest absolute Gasteiger partial charge is 0.224 e. The van der Waals surface area contributed by atoms with Crippen molar-refractivity contribution in [1.29, 1.82) is 0 Å². The van der Waals surface area contributed by atoms with Crippen molar-refractivity contribution < 1.29 is 9.90 Å². The summed E-state index contributed by atoms with van der Waals surface area (Å²) in [6, 6.07) is 0. The second-order valence-corrected chi connectivity index (χ2v) is 5.43. The zero-order valence-electron chi connectivity index (χ0n) is 9.86. The molecule has 15 heavy (non-hydrogen) atoms. The van der Waals surface area contributed by atoms with E-state index in [9.17, 15) is 4.79 Å². The summed E-state index contributed by atoms with van der Waals surface area (Å²) < 4.78 is 0. The lowest BCUT2D eigenvalue weighted by Crippen LogP contribution is -2.43. The zero-order valence-corrected chi connectivity index (χ0v) is 9.86. The molecule has 4 heteroatoms. The second kappa shape index (κ2) is 4.49. The first-order chi connectivity index (χ1) is 6.78. The number of aliphatic hydroxyl groups excluding tert-OH is 1. The third-order valence-corrected chi connectivity index (χ3v) is 2.78. The van der Waals surface area contributed by atoms with E-state index in [-0.39, 0.29) is 12.0 Å². The molecule has 0 aromatic carbocycles. The van der Waals surface area contributed by atoms with Crippen LogP contribution in [-0.4, -0.2) is 41.1 Å². The third-order valence-electron chi connectivity index (χ3n) is 2.78. The summed E-state index contributed by atoms with van der Waals surface area (Å²) in [7, 11) is 1.80. The zero-order chi connectivity index (χ0) is 11.6. The van der Waals surface area contributed by atoms with Crippen molar-refractivity contribution in [2.24, 2.45) is 11.7 Å². The summed E-state index contributed by atoms with van der Waals surface area (Å²) in [5.74, 6) is 0.554. The fraction of sp³-hybridized carbons (Fsp3) is 0.909. The molecule has 1 rings (SSSR count). The van der Waals surface area contributed by atoms with Gasteiger partial charge in [0.2, 0.25) is 5.91 Å². The van der Waals surface area contributed by atoms with Gasteiger partial charge in [0.25, 0.3) is 0 Å². The normalized spacial score (nSPS) is 25.9. The molecule has 0 atom stereocenters. The van der Waals surface area contributed by atoms with Crippen LogP contribution in [0.2, 0.25) is 0 Å². The van der Waals surface area contributed by atoms with E-state index >= 15 is 0 Å². The van der Waals surface area contributed by atoms with E-state index in [1.54, 1.807) is 11.9 Å². The van der Waals surface area contributed by atoms with Crippen molar-refractivity contribution in [2.75, 3.05) is 13.6 Å². The number of carbonyl (C=O) groups excluding carboxylic acids is 1. The number of aliphatic hydroxyl groups is 1. The van der Waals surface area contributed by atoms with Crippen molar-refractivity contribution in [2.45, 2.75) is 44.8 Å². The van der Waals surface area contributed by atoms with Crippen molar-refractivity contribution in [3.8, 4) is 0 Å².